The first kappa shape index (κ1) is 18.8. The Labute approximate surface area is 153 Å². The van der Waals surface area contributed by atoms with Crippen molar-refractivity contribution in [2.24, 2.45) is 11.1 Å². The first-order chi connectivity index (χ1) is 12.1. The molecule has 1 aromatic carbocycles. The predicted molar refractivity (Wildman–Crippen MR) is 96.9 cm³/mol. The quantitative estimate of drug-likeness (QED) is 0.760. The Morgan fingerprint density at radius 1 is 1.19 bits per heavy atom. The zero-order valence-corrected chi connectivity index (χ0v) is 15.7. The summed E-state index contributed by atoms with van der Waals surface area (Å²) in [4.78, 5) is 28.5. The zero-order chi connectivity index (χ0) is 19.1. The van der Waals surface area contributed by atoms with E-state index in [0.717, 1.165) is 0 Å². The second-order valence-corrected chi connectivity index (χ2v) is 8.72. The molecule has 2 saturated heterocycles. The Kier molecular flexibility index (Phi) is 5.05. The van der Waals surface area contributed by atoms with Gasteiger partial charge in [-0.15, -0.1) is 0 Å². The molecule has 0 spiro atoms. The van der Waals surface area contributed by atoms with Crippen molar-refractivity contribution in [3.05, 3.63) is 24.3 Å². The van der Waals surface area contributed by atoms with Gasteiger partial charge in [-0.2, -0.15) is 0 Å². The lowest BCUT2D eigenvalue weighted by molar-refractivity contribution is -0.137. The van der Waals surface area contributed by atoms with Crippen LogP contribution in [-0.2, 0) is 19.6 Å². The van der Waals surface area contributed by atoms with Crippen molar-refractivity contribution in [1.29, 1.82) is 0 Å². The predicted octanol–water partition coefficient (Wildman–Crippen LogP) is -0.104. The monoisotopic (exact) mass is 380 g/mol. The number of carbonyl (C=O) groups is 2. The zero-order valence-electron chi connectivity index (χ0n) is 14.9. The van der Waals surface area contributed by atoms with Crippen LogP contribution in [-0.4, -0.2) is 56.9 Å². The molecule has 0 saturated carbocycles. The Balaban J connectivity index is 1.76. The van der Waals surface area contributed by atoms with Crippen molar-refractivity contribution in [2.45, 2.75) is 37.2 Å². The highest BCUT2D eigenvalue weighted by Crippen LogP contribution is 2.28. The molecule has 3 rings (SSSR count). The molecular weight excluding hydrogens is 356 g/mol. The van der Waals surface area contributed by atoms with Gasteiger partial charge in [0.05, 0.1) is 10.8 Å². The van der Waals surface area contributed by atoms with Crippen LogP contribution in [0.5, 0.6) is 0 Å². The van der Waals surface area contributed by atoms with E-state index in [1.807, 2.05) is 18.7 Å². The van der Waals surface area contributed by atoms with Crippen molar-refractivity contribution in [3.63, 3.8) is 0 Å². The van der Waals surface area contributed by atoms with Crippen LogP contribution in [0.25, 0.3) is 0 Å². The van der Waals surface area contributed by atoms with Crippen LogP contribution < -0.4 is 15.4 Å². The lowest BCUT2D eigenvalue weighted by Crippen LogP contribution is -2.57. The fourth-order valence-electron chi connectivity index (χ4n) is 3.72. The summed E-state index contributed by atoms with van der Waals surface area (Å²) in [5.74, 6) is -0.632. The maximum atomic E-state index is 12.8. The van der Waals surface area contributed by atoms with Gasteiger partial charge in [0.2, 0.25) is 21.8 Å². The van der Waals surface area contributed by atoms with Gasteiger partial charge in [-0.05, 0) is 32.0 Å². The van der Waals surface area contributed by atoms with Gasteiger partial charge in [-0.3, -0.25) is 9.59 Å². The number of hydrogen-bond acceptors (Lipinski definition) is 5. The molecule has 2 aliphatic rings. The second kappa shape index (κ2) is 6.98. The number of anilines is 1. The van der Waals surface area contributed by atoms with Gasteiger partial charge in [0.25, 0.3) is 0 Å². The fraction of sp³-hybridized carbons (Fsp3) is 0.529. The second-order valence-electron chi connectivity index (χ2n) is 7.16. The molecule has 2 aliphatic heterocycles. The summed E-state index contributed by atoms with van der Waals surface area (Å²) in [6, 6.07) is 6.36. The summed E-state index contributed by atoms with van der Waals surface area (Å²) in [7, 11) is -3.85. The van der Waals surface area contributed by atoms with Crippen molar-refractivity contribution < 1.29 is 18.0 Å². The van der Waals surface area contributed by atoms with Crippen LogP contribution >= 0.6 is 0 Å². The number of piperazine rings is 1. The van der Waals surface area contributed by atoms with Gasteiger partial charge >= 0.3 is 0 Å². The van der Waals surface area contributed by atoms with Gasteiger partial charge in [0, 0.05) is 43.8 Å². The number of nitrogens with zero attached hydrogens (tertiary/aromatic N) is 2. The third kappa shape index (κ3) is 3.89. The van der Waals surface area contributed by atoms with Crippen LogP contribution in [0, 0.1) is 5.92 Å². The molecule has 0 bridgehead atoms. The molecule has 9 heteroatoms. The minimum atomic E-state index is -3.85. The Bertz CT molecular complexity index is 816. The topological polar surface area (TPSA) is 113 Å². The molecule has 2 heterocycles. The number of hydrogen-bond donors (Lipinski definition) is 2. The highest BCUT2D eigenvalue weighted by atomic mass is 32.2. The van der Waals surface area contributed by atoms with Gasteiger partial charge in [-0.1, -0.05) is 6.07 Å². The molecule has 1 aromatic rings. The molecule has 2 fully saturated rings. The van der Waals surface area contributed by atoms with E-state index in [9.17, 15) is 18.0 Å². The Morgan fingerprint density at radius 3 is 2.46 bits per heavy atom. The minimum Gasteiger partial charge on any atom is -0.339 e. The van der Waals surface area contributed by atoms with Crippen molar-refractivity contribution in [3.8, 4) is 0 Å². The molecule has 3 atom stereocenters. The van der Waals surface area contributed by atoms with Crippen LogP contribution in [0.15, 0.2) is 29.2 Å². The summed E-state index contributed by atoms with van der Waals surface area (Å²) >= 11 is 0. The van der Waals surface area contributed by atoms with E-state index in [0.29, 0.717) is 18.8 Å². The molecular formula is C17H24N4O4S. The average molecular weight is 380 g/mol. The van der Waals surface area contributed by atoms with E-state index in [-0.39, 0.29) is 41.8 Å². The number of carbonyl (C=O) groups excluding carboxylic acids is 2. The SMILES string of the molecule is C[C@@H]1CN(C(=O)[C@H]2CC(=O)N(c3cccc(S(N)(=O)=O)c3)C2)C[C@@H](C)N1. The molecule has 142 valence electrons. The van der Waals surface area contributed by atoms with Crippen LogP contribution in [0.3, 0.4) is 0 Å². The van der Waals surface area contributed by atoms with Gasteiger partial charge in [-0.25, -0.2) is 13.6 Å². The first-order valence-corrected chi connectivity index (χ1v) is 10.2. The number of nitrogens with two attached hydrogens (primary N) is 1. The summed E-state index contributed by atoms with van der Waals surface area (Å²) in [6.07, 6.45) is 0.130. The summed E-state index contributed by atoms with van der Waals surface area (Å²) in [5.41, 5.74) is 0.443. The van der Waals surface area contributed by atoms with Gasteiger partial charge in [0.1, 0.15) is 0 Å². The summed E-state index contributed by atoms with van der Waals surface area (Å²) in [6.45, 7) is 5.55. The third-order valence-corrected chi connectivity index (χ3v) is 5.71. The van der Waals surface area contributed by atoms with E-state index in [1.165, 1.54) is 23.1 Å². The highest BCUT2D eigenvalue weighted by molar-refractivity contribution is 7.89. The smallest absolute Gasteiger partial charge is 0.238 e. The van der Waals surface area contributed by atoms with Crippen LogP contribution in [0.2, 0.25) is 0 Å². The molecule has 2 amide bonds. The number of primary sulfonamides is 1. The average Bonchev–Trinajstić information content (AvgIpc) is 2.94. The van der Waals surface area contributed by atoms with Crippen LogP contribution in [0.4, 0.5) is 5.69 Å². The molecule has 0 aromatic heterocycles. The fourth-order valence-corrected chi connectivity index (χ4v) is 4.27. The molecule has 0 radical (unpaired) electrons. The van der Waals surface area contributed by atoms with E-state index in [4.69, 9.17) is 5.14 Å². The third-order valence-electron chi connectivity index (χ3n) is 4.80. The number of rotatable bonds is 3. The lowest BCUT2D eigenvalue weighted by Gasteiger charge is -2.37. The van der Waals surface area contributed by atoms with Gasteiger partial charge < -0.3 is 15.1 Å². The van der Waals surface area contributed by atoms with E-state index >= 15 is 0 Å². The molecule has 26 heavy (non-hydrogen) atoms. The normalized spacial score (nSPS) is 27.0. The maximum Gasteiger partial charge on any atom is 0.238 e. The molecule has 0 aliphatic carbocycles. The minimum absolute atomic E-state index is 0.0244. The first-order valence-electron chi connectivity index (χ1n) is 8.63. The standard InChI is InChI=1S/C17H24N4O4S/c1-11-8-20(9-12(2)19-11)17(23)13-6-16(22)21(10-13)14-4-3-5-15(7-14)26(18,24)25/h3-5,7,11-13,19H,6,8-10H2,1-2H3,(H2,18,24,25)/t11-,12-,13+/m1/s1. The lowest BCUT2D eigenvalue weighted by atomic mass is 10.0. The molecule has 8 nitrogen and oxygen atoms in total. The highest BCUT2D eigenvalue weighted by Gasteiger charge is 2.38. The number of amides is 2. The van der Waals surface area contributed by atoms with E-state index in [1.54, 1.807) is 6.07 Å². The van der Waals surface area contributed by atoms with Crippen molar-refractivity contribution in [2.75, 3.05) is 24.5 Å². The number of sulfonamides is 1. The number of benzene rings is 1. The van der Waals surface area contributed by atoms with Crippen molar-refractivity contribution in [1.82, 2.24) is 10.2 Å². The number of nitrogens with one attached hydrogen (secondary N) is 1. The van der Waals surface area contributed by atoms with E-state index in [2.05, 4.69) is 5.32 Å². The largest absolute Gasteiger partial charge is 0.339 e. The van der Waals surface area contributed by atoms with E-state index < -0.39 is 15.9 Å². The summed E-state index contributed by atoms with van der Waals surface area (Å²) < 4.78 is 23.1. The van der Waals surface area contributed by atoms with Crippen LogP contribution in [0.1, 0.15) is 20.3 Å². The van der Waals surface area contributed by atoms with Gasteiger partial charge in [0.15, 0.2) is 0 Å². The Hall–Kier alpha value is -1.97. The summed E-state index contributed by atoms with van der Waals surface area (Å²) in [5, 5.41) is 8.54. The molecule has 0 unspecified atom stereocenters. The molecule has 3 N–H and O–H groups in total. The maximum absolute atomic E-state index is 12.8. The van der Waals surface area contributed by atoms with Crippen molar-refractivity contribution >= 4 is 27.5 Å². The Morgan fingerprint density at radius 2 is 1.85 bits per heavy atom.